The van der Waals surface area contributed by atoms with Gasteiger partial charge in [-0.2, -0.15) is 9.78 Å². The van der Waals surface area contributed by atoms with Crippen molar-refractivity contribution in [3.05, 3.63) is 29.9 Å². The number of aromatic amines is 1. The monoisotopic (exact) mass is 317 g/mol. The van der Waals surface area contributed by atoms with Crippen LogP contribution in [0.3, 0.4) is 0 Å². The van der Waals surface area contributed by atoms with Crippen molar-refractivity contribution in [2.75, 3.05) is 0 Å². The molecule has 3 rings (SSSR count). The van der Waals surface area contributed by atoms with Crippen LogP contribution >= 0.6 is 0 Å². The van der Waals surface area contributed by atoms with Crippen molar-refractivity contribution in [3.8, 4) is 5.82 Å². The normalized spacial score (nSPS) is 12.5. The van der Waals surface area contributed by atoms with Gasteiger partial charge in [-0.15, -0.1) is 15.3 Å². The van der Waals surface area contributed by atoms with Gasteiger partial charge in [-0.05, 0) is 17.4 Å². The molecular weight excluding hydrogens is 302 g/mol. The first-order valence-corrected chi connectivity index (χ1v) is 6.97. The Balaban J connectivity index is 1.75. The molecule has 0 saturated heterocycles. The Morgan fingerprint density at radius 2 is 2.09 bits per heavy atom. The molecule has 11 nitrogen and oxygen atoms in total. The third-order valence-corrected chi connectivity index (χ3v) is 3.11. The number of carbonyl (C=O) groups is 1. The summed E-state index contributed by atoms with van der Waals surface area (Å²) in [5.74, 6) is 1.00. The standard InChI is InChI=1S/C12H15N9O2/c1-6(2)11-17-18-12(23-11)7(3)15-10(22)8-4-13-16-9(8)21-5-14-19-20-21/h4-7H,1-3H3,(H,13,16)(H,15,22)/t7-/m0/s1. The summed E-state index contributed by atoms with van der Waals surface area (Å²) in [7, 11) is 0. The van der Waals surface area contributed by atoms with Crippen molar-refractivity contribution in [2.45, 2.75) is 32.7 Å². The maximum Gasteiger partial charge on any atom is 0.257 e. The molecule has 1 atom stereocenters. The lowest BCUT2D eigenvalue weighted by atomic mass is 10.2. The molecule has 3 heterocycles. The maximum atomic E-state index is 12.4. The maximum absolute atomic E-state index is 12.4. The molecule has 3 aromatic heterocycles. The summed E-state index contributed by atoms with van der Waals surface area (Å²) < 4.78 is 6.85. The van der Waals surface area contributed by atoms with Crippen LogP contribution in [0, 0.1) is 0 Å². The molecule has 120 valence electrons. The molecule has 0 bridgehead atoms. The van der Waals surface area contributed by atoms with Crippen LogP contribution in [-0.2, 0) is 0 Å². The highest BCUT2D eigenvalue weighted by Gasteiger charge is 2.21. The lowest BCUT2D eigenvalue weighted by Gasteiger charge is -2.09. The summed E-state index contributed by atoms with van der Waals surface area (Å²) in [5, 5.41) is 28.0. The van der Waals surface area contributed by atoms with E-state index in [-0.39, 0.29) is 11.8 Å². The van der Waals surface area contributed by atoms with E-state index in [9.17, 15) is 4.79 Å². The van der Waals surface area contributed by atoms with Gasteiger partial charge in [0.2, 0.25) is 11.8 Å². The number of hydrogen-bond acceptors (Lipinski definition) is 8. The fourth-order valence-corrected chi connectivity index (χ4v) is 1.87. The Kier molecular flexibility index (Phi) is 3.83. The molecule has 0 saturated carbocycles. The van der Waals surface area contributed by atoms with Gasteiger partial charge in [-0.1, -0.05) is 13.8 Å². The van der Waals surface area contributed by atoms with Gasteiger partial charge in [0.05, 0.1) is 6.20 Å². The summed E-state index contributed by atoms with van der Waals surface area (Å²) in [6.45, 7) is 5.65. The number of nitrogens with one attached hydrogen (secondary N) is 2. The van der Waals surface area contributed by atoms with Gasteiger partial charge in [0.15, 0.2) is 5.82 Å². The van der Waals surface area contributed by atoms with E-state index >= 15 is 0 Å². The molecule has 3 aromatic rings. The Labute approximate surface area is 130 Å². The number of hydrogen-bond donors (Lipinski definition) is 2. The number of nitrogens with zero attached hydrogens (tertiary/aromatic N) is 7. The van der Waals surface area contributed by atoms with Gasteiger partial charge < -0.3 is 9.73 Å². The molecule has 0 aliphatic rings. The number of aromatic nitrogens is 8. The zero-order chi connectivity index (χ0) is 16.4. The quantitative estimate of drug-likeness (QED) is 0.688. The number of H-pyrrole nitrogens is 1. The van der Waals surface area contributed by atoms with Crippen LogP contribution in [-0.4, -0.2) is 46.5 Å². The predicted octanol–water partition coefficient (Wildman–Crippen LogP) is 0.383. The van der Waals surface area contributed by atoms with Crippen molar-refractivity contribution < 1.29 is 9.21 Å². The first-order chi connectivity index (χ1) is 11.1. The Hall–Kier alpha value is -3.11. The minimum absolute atomic E-state index is 0.124. The van der Waals surface area contributed by atoms with E-state index in [4.69, 9.17) is 4.42 Å². The van der Waals surface area contributed by atoms with Crippen molar-refractivity contribution in [1.82, 2.24) is 45.9 Å². The van der Waals surface area contributed by atoms with E-state index in [1.165, 1.54) is 17.2 Å². The molecule has 1 amide bonds. The molecule has 0 aromatic carbocycles. The molecule has 0 unspecified atom stereocenters. The second kappa shape index (κ2) is 5.94. The van der Waals surface area contributed by atoms with Crippen LogP contribution in [0.1, 0.15) is 54.9 Å². The molecule has 0 fully saturated rings. The second-order valence-electron chi connectivity index (χ2n) is 5.22. The van der Waals surface area contributed by atoms with Gasteiger partial charge in [0.25, 0.3) is 5.91 Å². The van der Waals surface area contributed by atoms with E-state index < -0.39 is 6.04 Å². The SMILES string of the molecule is CC(C)c1nnc([C@H](C)NC(=O)c2cn[nH]c2-n2cnnn2)o1. The fourth-order valence-electron chi connectivity index (χ4n) is 1.87. The Morgan fingerprint density at radius 1 is 1.30 bits per heavy atom. The van der Waals surface area contributed by atoms with Crippen LogP contribution in [0.2, 0.25) is 0 Å². The van der Waals surface area contributed by atoms with Crippen LogP contribution in [0.4, 0.5) is 0 Å². The number of carbonyl (C=O) groups excluding carboxylic acids is 1. The highest BCUT2D eigenvalue weighted by atomic mass is 16.4. The lowest BCUT2D eigenvalue weighted by molar-refractivity contribution is 0.0933. The van der Waals surface area contributed by atoms with E-state index in [1.54, 1.807) is 6.92 Å². The molecule has 0 spiro atoms. The smallest absolute Gasteiger partial charge is 0.257 e. The Morgan fingerprint density at radius 3 is 2.74 bits per heavy atom. The first-order valence-electron chi connectivity index (χ1n) is 6.97. The molecule has 23 heavy (non-hydrogen) atoms. The summed E-state index contributed by atoms with van der Waals surface area (Å²) >= 11 is 0. The average molecular weight is 317 g/mol. The first kappa shape index (κ1) is 14.8. The van der Waals surface area contributed by atoms with E-state index in [0.29, 0.717) is 23.2 Å². The van der Waals surface area contributed by atoms with Crippen molar-refractivity contribution >= 4 is 5.91 Å². The van der Waals surface area contributed by atoms with Crippen LogP contribution in [0.25, 0.3) is 5.82 Å². The predicted molar refractivity (Wildman–Crippen MR) is 75.6 cm³/mol. The molecule has 0 aliphatic carbocycles. The third kappa shape index (κ3) is 2.93. The topological polar surface area (TPSA) is 140 Å². The largest absolute Gasteiger partial charge is 0.423 e. The molecule has 0 radical (unpaired) electrons. The van der Waals surface area contributed by atoms with Gasteiger partial charge in [-0.25, -0.2) is 0 Å². The third-order valence-electron chi connectivity index (χ3n) is 3.11. The Bertz CT molecular complexity index is 789. The number of tetrazole rings is 1. The number of rotatable bonds is 5. The number of amides is 1. The summed E-state index contributed by atoms with van der Waals surface area (Å²) in [6.07, 6.45) is 2.76. The molecular formula is C12H15N9O2. The molecule has 2 N–H and O–H groups in total. The lowest BCUT2D eigenvalue weighted by Crippen LogP contribution is -2.27. The van der Waals surface area contributed by atoms with Crippen molar-refractivity contribution in [1.29, 1.82) is 0 Å². The second-order valence-corrected chi connectivity index (χ2v) is 5.22. The highest BCUT2D eigenvalue weighted by Crippen LogP contribution is 2.17. The minimum Gasteiger partial charge on any atom is -0.423 e. The van der Waals surface area contributed by atoms with Gasteiger partial charge >= 0.3 is 0 Å². The van der Waals surface area contributed by atoms with Crippen LogP contribution in [0.5, 0.6) is 0 Å². The summed E-state index contributed by atoms with van der Waals surface area (Å²) in [5.41, 5.74) is 0.299. The molecule has 0 aliphatic heterocycles. The fraction of sp³-hybridized carbons (Fsp3) is 0.417. The summed E-state index contributed by atoms with van der Waals surface area (Å²) in [4.78, 5) is 12.4. The van der Waals surface area contributed by atoms with Gasteiger partial charge in [0, 0.05) is 5.92 Å². The summed E-state index contributed by atoms with van der Waals surface area (Å²) in [6, 6.07) is -0.445. The zero-order valence-electron chi connectivity index (χ0n) is 12.8. The molecule has 11 heteroatoms. The van der Waals surface area contributed by atoms with Crippen LogP contribution in [0.15, 0.2) is 16.9 Å². The van der Waals surface area contributed by atoms with E-state index in [0.717, 1.165) is 0 Å². The van der Waals surface area contributed by atoms with E-state index in [1.807, 2.05) is 13.8 Å². The average Bonchev–Trinajstić information content (AvgIpc) is 3.26. The van der Waals surface area contributed by atoms with Crippen molar-refractivity contribution in [3.63, 3.8) is 0 Å². The minimum atomic E-state index is -0.445. The zero-order valence-corrected chi connectivity index (χ0v) is 12.8. The van der Waals surface area contributed by atoms with E-state index in [2.05, 4.69) is 41.2 Å². The van der Waals surface area contributed by atoms with Crippen molar-refractivity contribution in [2.24, 2.45) is 0 Å². The highest BCUT2D eigenvalue weighted by molar-refractivity contribution is 5.97. The van der Waals surface area contributed by atoms with Crippen LogP contribution < -0.4 is 5.32 Å². The van der Waals surface area contributed by atoms with Gasteiger partial charge in [0.1, 0.15) is 17.9 Å². The van der Waals surface area contributed by atoms with Gasteiger partial charge in [-0.3, -0.25) is 9.89 Å².